The van der Waals surface area contributed by atoms with Crippen LogP contribution in [-0.2, 0) is 11.3 Å². The third kappa shape index (κ3) is 2.77. The van der Waals surface area contributed by atoms with Crippen molar-refractivity contribution >= 4 is 11.7 Å². The van der Waals surface area contributed by atoms with Crippen LogP contribution in [0.4, 0.5) is 5.82 Å². The lowest BCUT2D eigenvalue weighted by Crippen LogP contribution is -2.31. The van der Waals surface area contributed by atoms with Crippen molar-refractivity contribution < 1.29 is 9.21 Å². The van der Waals surface area contributed by atoms with E-state index >= 15 is 0 Å². The fraction of sp³-hybridized carbons (Fsp3) is 0.444. The number of carbonyl (C=O) groups is 1. The van der Waals surface area contributed by atoms with Crippen molar-refractivity contribution in [3.8, 4) is 0 Å². The van der Waals surface area contributed by atoms with Crippen LogP contribution >= 0.6 is 0 Å². The first kappa shape index (κ1) is 14.5. The molecule has 0 radical (unpaired) electrons. The fourth-order valence-corrected chi connectivity index (χ4v) is 3.84. The summed E-state index contributed by atoms with van der Waals surface area (Å²) in [5, 5.41) is 0. The summed E-state index contributed by atoms with van der Waals surface area (Å²) in [4.78, 5) is 21.0. The SMILES string of the molecule is Cc1ccc(CN2CCC3(CC(=O)N(c4ccccn4)C3)C2)o1. The number of aromatic nitrogens is 1. The molecule has 0 aromatic carbocycles. The lowest BCUT2D eigenvalue weighted by atomic mass is 9.86. The number of anilines is 1. The van der Waals surface area contributed by atoms with Gasteiger partial charge in [-0.1, -0.05) is 6.07 Å². The molecule has 2 aromatic rings. The van der Waals surface area contributed by atoms with E-state index in [-0.39, 0.29) is 11.3 Å². The standard InChI is InChI=1S/C18H21N3O2/c1-14-5-6-15(23-14)11-20-9-7-18(12-20)10-17(22)21(13-18)16-4-2-3-8-19-16/h2-6,8H,7,9-13H2,1H3. The monoisotopic (exact) mass is 311 g/mol. The van der Waals surface area contributed by atoms with Crippen molar-refractivity contribution in [3.05, 3.63) is 48.0 Å². The average molecular weight is 311 g/mol. The first-order valence-corrected chi connectivity index (χ1v) is 8.13. The Morgan fingerprint density at radius 3 is 2.91 bits per heavy atom. The van der Waals surface area contributed by atoms with E-state index in [2.05, 4.69) is 9.88 Å². The van der Waals surface area contributed by atoms with Gasteiger partial charge < -0.3 is 4.42 Å². The summed E-state index contributed by atoms with van der Waals surface area (Å²) < 4.78 is 5.68. The largest absolute Gasteiger partial charge is 0.465 e. The Bertz CT molecular complexity index is 712. The summed E-state index contributed by atoms with van der Waals surface area (Å²) in [6, 6.07) is 9.77. The van der Waals surface area contributed by atoms with Crippen molar-refractivity contribution in [1.29, 1.82) is 0 Å². The lowest BCUT2D eigenvalue weighted by Gasteiger charge is -2.23. The van der Waals surface area contributed by atoms with E-state index < -0.39 is 0 Å². The van der Waals surface area contributed by atoms with E-state index in [1.54, 1.807) is 6.20 Å². The predicted molar refractivity (Wildman–Crippen MR) is 87.0 cm³/mol. The third-order valence-corrected chi connectivity index (χ3v) is 4.94. The van der Waals surface area contributed by atoms with Gasteiger partial charge in [-0.15, -0.1) is 0 Å². The molecule has 4 rings (SSSR count). The van der Waals surface area contributed by atoms with E-state index in [0.29, 0.717) is 6.42 Å². The van der Waals surface area contributed by atoms with Gasteiger partial charge >= 0.3 is 0 Å². The van der Waals surface area contributed by atoms with Crippen LogP contribution in [0.25, 0.3) is 0 Å². The molecule has 1 spiro atoms. The smallest absolute Gasteiger partial charge is 0.228 e. The number of amides is 1. The molecule has 23 heavy (non-hydrogen) atoms. The molecule has 1 amide bonds. The highest BCUT2D eigenvalue weighted by Gasteiger charge is 2.48. The van der Waals surface area contributed by atoms with Gasteiger partial charge in [-0.3, -0.25) is 14.6 Å². The maximum Gasteiger partial charge on any atom is 0.228 e. The van der Waals surface area contributed by atoms with Gasteiger partial charge in [-0.2, -0.15) is 0 Å². The zero-order chi connectivity index (χ0) is 15.9. The van der Waals surface area contributed by atoms with E-state index in [0.717, 1.165) is 49.9 Å². The Kier molecular flexibility index (Phi) is 3.45. The number of pyridine rings is 1. The first-order valence-electron chi connectivity index (χ1n) is 8.13. The Hall–Kier alpha value is -2.14. The van der Waals surface area contributed by atoms with Crippen molar-refractivity contribution in [1.82, 2.24) is 9.88 Å². The maximum atomic E-state index is 12.5. The van der Waals surface area contributed by atoms with Crippen LogP contribution < -0.4 is 4.90 Å². The van der Waals surface area contributed by atoms with Crippen LogP contribution in [0.2, 0.25) is 0 Å². The third-order valence-electron chi connectivity index (χ3n) is 4.94. The van der Waals surface area contributed by atoms with Gasteiger partial charge in [0.25, 0.3) is 0 Å². The molecule has 0 N–H and O–H groups in total. The van der Waals surface area contributed by atoms with Crippen LogP contribution in [0.15, 0.2) is 40.9 Å². The van der Waals surface area contributed by atoms with E-state index in [4.69, 9.17) is 4.42 Å². The van der Waals surface area contributed by atoms with Gasteiger partial charge in [0.2, 0.25) is 5.91 Å². The minimum Gasteiger partial charge on any atom is -0.465 e. The highest BCUT2D eigenvalue weighted by molar-refractivity contribution is 5.95. The Balaban J connectivity index is 1.45. The molecule has 0 aliphatic carbocycles. The molecule has 0 bridgehead atoms. The number of likely N-dealkylation sites (tertiary alicyclic amines) is 1. The van der Waals surface area contributed by atoms with Gasteiger partial charge in [0.15, 0.2) is 0 Å². The normalized spacial score (nSPS) is 24.9. The average Bonchev–Trinajstić information content (AvgIpc) is 3.22. The fourth-order valence-electron chi connectivity index (χ4n) is 3.84. The van der Waals surface area contributed by atoms with Crippen LogP contribution in [-0.4, -0.2) is 35.4 Å². The van der Waals surface area contributed by atoms with Crippen molar-refractivity contribution in [3.63, 3.8) is 0 Å². The van der Waals surface area contributed by atoms with Crippen LogP contribution in [0.3, 0.4) is 0 Å². The predicted octanol–water partition coefficient (Wildman–Crippen LogP) is 2.61. The lowest BCUT2D eigenvalue weighted by molar-refractivity contribution is -0.117. The van der Waals surface area contributed by atoms with E-state index in [1.165, 1.54) is 0 Å². The summed E-state index contributed by atoms with van der Waals surface area (Å²) >= 11 is 0. The summed E-state index contributed by atoms with van der Waals surface area (Å²) in [5.41, 5.74) is 0.0657. The molecule has 2 saturated heterocycles. The zero-order valence-electron chi connectivity index (χ0n) is 13.4. The summed E-state index contributed by atoms with van der Waals surface area (Å²) in [7, 11) is 0. The Morgan fingerprint density at radius 1 is 1.26 bits per heavy atom. The molecule has 4 heterocycles. The van der Waals surface area contributed by atoms with Crippen molar-refractivity contribution in [2.75, 3.05) is 24.5 Å². The first-order chi connectivity index (χ1) is 11.1. The van der Waals surface area contributed by atoms with E-state index in [9.17, 15) is 4.79 Å². The Morgan fingerprint density at radius 2 is 2.17 bits per heavy atom. The van der Waals surface area contributed by atoms with Crippen LogP contribution in [0.5, 0.6) is 0 Å². The van der Waals surface area contributed by atoms with Gasteiger partial charge in [0.1, 0.15) is 17.3 Å². The minimum atomic E-state index is 0.0657. The molecule has 5 nitrogen and oxygen atoms in total. The second-order valence-electron chi connectivity index (χ2n) is 6.82. The minimum absolute atomic E-state index is 0.0657. The summed E-state index contributed by atoms with van der Waals surface area (Å²) in [6.45, 7) is 5.53. The quantitative estimate of drug-likeness (QED) is 0.874. The number of carbonyl (C=O) groups excluding carboxylic acids is 1. The van der Waals surface area contributed by atoms with Crippen molar-refractivity contribution in [2.45, 2.75) is 26.3 Å². The molecule has 2 aliphatic heterocycles. The van der Waals surface area contributed by atoms with E-state index in [1.807, 2.05) is 42.2 Å². The molecular formula is C18H21N3O2. The van der Waals surface area contributed by atoms with Gasteiger partial charge in [0.05, 0.1) is 6.54 Å². The summed E-state index contributed by atoms with van der Waals surface area (Å²) in [5.74, 6) is 2.92. The highest BCUT2D eigenvalue weighted by Crippen LogP contribution is 2.41. The number of furan rings is 1. The molecule has 2 aromatic heterocycles. The number of hydrogen-bond acceptors (Lipinski definition) is 4. The molecule has 5 heteroatoms. The zero-order valence-corrected chi connectivity index (χ0v) is 13.4. The molecule has 1 unspecified atom stereocenters. The molecule has 2 aliphatic rings. The summed E-state index contributed by atoms with van der Waals surface area (Å²) in [6.07, 6.45) is 3.42. The number of nitrogens with zero attached hydrogens (tertiary/aromatic N) is 3. The molecule has 120 valence electrons. The molecule has 1 atom stereocenters. The van der Waals surface area contributed by atoms with Gasteiger partial charge in [-0.25, -0.2) is 4.98 Å². The Labute approximate surface area is 135 Å². The number of aryl methyl sites for hydroxylation is 1. The van der Waals surface area contributed by atoms with Gasteiger partial charge in [0, 0.05) is 31.1 Å². The number of hydrogen-bond donors (Lipinski definition) is 0. The molecule has 0 saturated carbocycles. The molecular weight excluding hydrogens is 290 g/mol. The molecule has 2 fully saturated rings. The van der Waals surface area contributed by atoms with Crippen LogP contribution in [0.1, 0.15) is 24.4 Å². The second kappa shape index (κ2) is 5.49. The topological polar surface area (TPSA) is 49.6 Å². The number of rotatable bonds is 3. The second-order valence-corrected chi connectivity index (χ2v) is 6.82. The van der Waals surface area contributed by atoms with Crippen LogP contribution in [0, 0.1) is 12.3 Å². The maximum absolute atomic E-state index is 12.5. The highest BCUT2D eigenvalue weighted by atomic mass is 16.3. The van der Waals surface area contributed by atoms with Gasteiger partial charge in [-0.05, 0) is 44.2 Å². The van der Waals surface area contributed by atoms with Crippen molar-refractivity contribution in [2.24, 2.45) is 5.41 Å².